The molecule has 0 radical (unpaired) electrons. The Morgan fingerprint density at radius 1 is 1.06 bits per heavy atom. The van der Waals surface area contributed by atoms with E-state index in [1.54, 1.807) is 24.1 Å². The number of benzene rings is 2. The lowest BCUT2D eigenvalue weighted by atomic mass is 10.1. The molecule has 1 N–H and O–H groups in total. The van der Waals surface area contributed by atoms with Crippen LogP contribution >= 0.6 is 23.2 Å². The van der Waals surface area contributed by atoms with Crippen molar-refractivity contribution in [3.8, 4) is 5.75 Å². The van der Waals surface area contributed by atoms with Crippen molar-refractivity contribution in [1.29, 1.82) is 0 Å². The van der Waals surface area contributed by atoms with Crippen LogP contribution in [0.4, 0.5) is 0 Å². The van der Waals surface area contributed by atoms with E-state index in [0.29, 0.717) is 16.5 Å². The monoisotopic (exact) mass is 476 g/mol. The van der Waals surface area contributed by atoms with E-state index in [2.05, 4.69) is 5.32 Å². The lowest BCUT2D eigenvalue weighted by Gasteiger charge is -2.31. The van der Waals surface area contributed by atoms with Crippen LogP contribution in [-0.4, -0.2) is 35.9 Å². The van der Waals surface area contributed by atoms with E-state index in [0.717, 1.165) is 42.6 Å². The van der Waals surface area contributed by atoms with Crippen LogP contribution in [0.2, 0.25) is 10.0 Å². The summed E-state index contributed by atoms with van der Waals surface area (Å²) >= 11 is 12.3. The van der Waals surface area contributed by atoms with Crippen molar-refractivity contribution < 1.29 is 14.3 Å². The van der Waals surface area contributed by atoms with E-state index in [-0.39, 0.29) is 30.8 Å². The third kappa shape index (κ3) is 6.39. The zero-order chi connectivity index (χ0) is 23.1. The van der Waals surface area contributed by atoms with Gasteiger partial charge < -0.3 is 15.0 Å². The minimum Gasteiger partial charge on any atom is -0.497 e. The summed E-state index contributed by atoms with van der Waals surface area (Å²) in [6.45, 7) is 2.21. The van der Waals surface area contributed by atoms with Crippen LogP contribution < -0.4 is 10.1 Å². The number of methoxy groups -OCH3 is 1. The topological polar surface area (TPSA) is 58.6 Å². The Hall–Kier alpha value is -2.24. The summed E-state index contributed by atoms with van der Waals surface area (Å²) in [6.07, 6.45) is 4.96. The van der Waals surface area contributed by atoms with Crippen LogP contribution in [0.15, 0.2) is 42.5 Å². The third-order valence-electron chi connectivity index (χ3n) is 5.94. The summed E-state index contributed by atoms with van der Waals surface area (Å²) < 4.78 is 5.20. The molecule has 0 spiro atoms. The van der Waals surface area contributed by atoms with Gasteiger partial charge in [0.25, 0.3) is 0 Å². The fraction of sp³-hybridized carbons (Fsp3) is 0.440. The van der Waals surface area contributed by atoms with Gasteiger partial charge in [-0.2, -0.15) is 0 Å². The molecule has 0 aromatic heterocycles. The number of rotatable bonds is 9. The lowest BCUT2D eigenvalue weighted by Crippen LogP contribution is -2.51. The standard InChI is InChI=1S/C25H30Cl2N2O3/c1-3-23(25(31)28-19-6-4-5-7-19)29(16-18-10-13-21(26)22(27)14-18)24(30)15-17-8-11-20(32-2)12-9-17/h8-14,19,23H,3-7,15-16H2,1-2H3,(H,28,31)/t23-/m1/s1. The average Bonchev–Trinajstić information content (AvgIpc) is 3.29. The summed E-state index contributed by atoms with van der Waals surface area (Å²) in [5.74, 6) is 0.522. The molecule has 1 fully saturated rings. The Balaban J connectivity index is 1.82. The maximum atomic E-state index is 13.4. The molecule has 0 heterocycles. The summed E-state index contributed by atoms with van der Waals surface area (Å²) in [4.78, 5) is 28.2. The van der Waals surface area contributed by atoms with Gasteiger partial charge in [-0.25, -0.2) is 0 Å². The van der Waals surface area contributed by atoms with Gasteiger partial charge in [-0.3, -0.25) is 9.59 Å². The normalized spacial score (nSPS) is 14.8. The number of amides is 2. The Morgan fingerprint density at radius 3 is 2.31 bits per heavy atom. The molecule has 0 bridgehead atoms. The van der Waals surface area contributed by atoms with Crippen LogP contribution in [0.5, 0.6) is 5.75 Å². The highest BCUT2D eigenvalue weighted by Gasteiger charge is 2.30. The van der Waals surface area contributed by atoms with Gasteiger partial charge in [0.15, 0.2) is 0 Å². The summed E-state index contributed by atoms with van der Waals surface area (Å²) in [5, 5.41) is 4.04. The SMILES string of the molecule is CC[C@H](C(=O)NC1CCCC1)N(Cc1ccc(Cl)c(Cl)c1)C(=O)Cc1ccc(OC)cc1. The quantitative estimate of drug-likeness (QED) is 0.526. The molecule has 0 aliphatic heterocycles. The second kappa shape index (κ2) is 11.6. The van der Waals surface area contributed by atoms with Gasteiger partial charge in [0, 0.05) is 12.6 Å². The predicted octanol–water partition coefficient (Wildman–Crippen LogP) is 5.41. The largest absolute Gasteiger partial charge is 0.497 e. The molecule has 0 saturated heterocycles. The van der Waals surface area contributed by atoms with E-state index in [9.17, 15) is 9.59 Å². The molecule has 32 heavy (non-hydrogen) atoms. The minimum absolute atomic E-state index is 0.0949. The zero-order valence-electron chi connectivity index (χ0n) is 18.6. The molecule has 1 aliphatic carbocycles. The second-order valence-electron chi connectivity index (χ2n) is 8.21. The zero-order valence-corrected chi connectivity index (χ0v) is 20.1. The average molecular weight is 477 g/mol. The first-order valence-electron chi connectivity index (χ1n) is 11.1. The fourth-order valence-corrected chi connectivity index (χ4v) is 4.46. The van der Waals surface area contributed by atoms with E-state index < -0.39 is 6.04 Å². The molecule has 7 heteroatoms. The van der Waals surface area contributed by atoms with Crippen molar-refractivity contribution in [2.45, 2.75) is 64.1 Å². The number of nitrogens with zero attached hydrogens (tertiary/aromatic N) is 1. The summed E-state index contributed by atoms with van der Waals surface area (Å²) in [6, 6.07) is 12.3. The first-order chi connectivity index (χ1) is 15.4. The highest BCUT2D eigenvalue weighted by Crippen LogP contribution is 2.25. The second-order valence-corrected chi connectivity index (χ2v) is 9.02. The van der Waals surface area contributed by atoms with Gasteiger partial charge in [-0.1, -0.05) is 61.2 Å². The molecule has 0 unspecified atom stereocenters. The molecule has 2 aromatic carbocycles. The summed E-state index contributed by atoms with van der Waals surface area (Å²) in [7, 11) is 1.61. The minimum atomic E-state index is -0.559. The fourth-order valence-electron chi connectivity index (χ4n) is 4.14. The van der Waals surface area contributed by atoms with Crippen molar-refractivity contribution >= 4 is 35.0 Å². The highest BCUT2D eigenvalue weighted by molar-refractivity contribution is 6.42. The highest BCUT2D eigenvalue weighted by atomic mass is 35.5. The van der Waals surface area contributed by atoms with Crippen LogP contribution in [0.3, 0.4) is 0 Å². The molecule has 1 aliphatic rings. The van der Waals surface area contributed by atoms with Crippen LogP contribution in [-0.2, 0) is 22.6 Å². The van der Waals surface area contributed by atoms with Crippen molar-refractivity contribution in [1.82, 2.24) is 10.2 Å². The van der Waals surface area contributed by atoms with Gasteiger partial charge in [-0.15, -0.1) is 0 Å². The Labute approximate surface area is 200 Å². The number of hydrogen-bond donors (Lipinski definition) is 1. The maximum Gasteiger partial charge on any atom is 0.243 e. The molecular weight excluding hydrogens is 447 g/mol. The van der Waals surface area contributed by atoms with Crippen molar-refractivity contribution in [2.24, 2.45) is 0 Å². The van der Waals surface area contributed by atoms with Gasteiger partial charge in [0.05, 0.1) is 23.6 Å². The van der Waals surface area contributed by atoms with Crippen molar-refractivity contribution in [3.05, 3.63) is 63.6 Å². The third-order valence-corrected chi connectivity index (χ3v) is 6.68. The van der Waals surface area contributed by atoms with Crippen LogP contribution in [0.1, 0.15) is 50.2 Å². The number of halogens is 2. The van der Waals surface area contributed by atoms with E-state index in [1.807, 2.05) is 37.3 Å². The van der Waals surface area contributed by atoms with E-state index >= 15 is 0 Å². The molecule has 2 amide bonds. The van der Waals surface area contributed by atoms with Gasteiger partial charge >= 0.3 is 0 Å². The molecule has 172 valence electrons. The van der Waals surface area contributed by atoms with Gasteiger partial charge in [0.2, 0.25) is 11.8 Å². The molecule has 2 aromatic rings. The van der Waals surface area contributed by atoms with Gasteiger partial charge in [0.1, 0.15) is 11.8 Å². The van der Waals surface area contributed by atoms with Crippen molar-refractivity contribution in [3.63, 3.8) is 0 Å². The molecule has 5 nitrogen and oxygen atoms in total. The van der Waals surface area contributed by atoms with Gasteiger partial charge in [-0.05, 0) is 54.7 Å². The molecule has 1 atom stereocenters. The Kier molecular flexibility index (Phi) is 8.83. The van der Waals surface area contributed by atoms with E-state index in [4.69, 9.17) is 27.9 Å². The van der Waals surface area contributed by atoms with Crippen molar-refractivity contribution in [2.75, 3.05) is 7.11 Å². The van der Waals surface area contributed by atoms with Crippen LogP contribution in [0, 0.1) is 0 Å². The number of hydrogen-bond acceptors (Lipinski definition) is 3. The Morgan fingerprint density at radius 2 is 1.72 bits per heavy atom. The maximum absolute atomic E-state index is 13.4. The lowest BCUT2D eigenvalue weighted by molar-refractivity contribution is -0.141. The molecule has 1 saturated carbocycles. The Bertz CT molecular complexity index is 927. The molecule has 3 rings (SSSR count). The number of ether oxygens (including phenoxy) is 1. The first-order valence-corrected chi connectivity index (χ1v) is 11.8. The number of nitrogens with one attached hydrogen (secondary N) is 1. The molecular formula is C25H30Cl2N2O3. The van der Waals surface area contributed by atoms with E-state index in [1.165, 1.54) is 0 Å². The smallest absolute Gasteiger partial charge is 0.243 e. The summed E-state index contributed by atoms with van der Waals surface area (Å²) in [5.41, 5.74) is 1.69. The number of carbonyl (C=O) groups excluding carboxylic acids is 2. The predicted molar refractivity (Wildman–Crippen MR) is 128 cm³/mol. The number of carbonyl (C=O) groups is 2. The first kappa shape index (κ1) is 24.4. The van der Waals surface area contributed by atoms with Crippen LogP contribution in [0.25, 0.3) is 0 Å².